The summed E-state index contributed by atoms with van der Waals surface area (Å²) >= 11 is 5.73. The molecule has 0 N–H and O–H groups in total. The number of benzene rings is 1. The fourth-order valence-corrected chi connectivity index (χ4v) is 1.67. The third-order valence-electron chi connectivity index (χ3n) is 2.32. The molecule has 0 radical (unpaired) electrons. The van der Waals surface area contributed by atoms with Crippen LogP contribution in [-0.4, -0.2) is 12.6 Å². The standard InChI is InChI=1S/C12H9ClF2O3/c1-2-17-11(16)12(14,15)10-6-7-5-8(13)3-4-9(7)18-10/h3-6H,2H2,1H3. The Morgan fingerprint density at radius 2 is 2.17 bits per heavy atom. The van der Waals surface area contributed by atoms with Crippen molar-refractivity contribution in [2.24, 2.45) is 0 Å². The maximum atomic E-state index is 13.7. The molecular weight excluding hydrogens is 266 g/mol. The number of ether oxygens (including phenoxy) is 1. The summed E-state index contributed by atoms with van der Waals surface area (Å²) in [4.78, 5) is 11.2. The Kier molecular flexibility index (Phi) is 3.26. The van der Waals surface area contributed by atoms with Gasteiger partial charge in [0.1, 0.15) is 5.58 Å². The lowest BCUT2D eigenvalue weighted by atomic mass is 10.2. The number of alkyl halides is 2. The SMILES string of the molecule is CCOC(=O)C(F)(F)c1cc2cc(Cl)ccc2o1. The molecule has 0 unspecified atom stereocenters. The molecule has 96 valence electrons. The van der Waals surface area contributed by atoms with Crippen molar-refractivity contribution in [3.8, 4) is 0 Å². The molecule has 18 heavy (non-hydrogen) atoms. The second-order valence-corrected chi connectivity index (χ2v) is 4.02. The first kappa shape index (κ1) is 12.8. The van der Waals surface area contributed by atoms with Crippen LogP contribution in [0.3, 0.4) is 0 Å². The first-order valence-electron chi connectivity index (χ1n) is 5.19. The molecule has 1 aromatic heterocycles. The van der Waals surface area contributed by atoms with Crippen LogP contribution in [0.4, 0.5) is 8.78 Å². The molecule has 0 aliphatic rings. The quantitative estimate of drug-likeness (QED) is 0.801. The van der Waals surface area contributed by atoms with Crippen LogP contribution in [0.25, 0.3) is 11.0 Å². The summed E-state index contributed by atoms with van der Waals surface area (Å²) in [6.45, 7) is 1.33. The van der Waals surface area contributed by atoms with Gasteiger partial charge in [0.2, 0.25) is 0 Å². The van der Waals surface area contributed by atoms with Crippen LogP contribution >= 0.6 is 11.6 Å². The third kappa shape index (κ3) is 2.18. The molecule has 0 aliphatic heterocycles. The number of carbonyl (C=O) groups is 1. The summed E-state index contributed by atoms with van der Waals surface area (Å²) in [5.41, 5.74) is 0.235. The smallest absolute Gasteiger partial charge is 0.399 e. The molecule has 0 spiro atoms. The maximum Gasteiger partial charge on any atom is 0.399 e. The van der Waals surface area contributed by atoms with Gasteiger partial charge in [0, 0.05) is 10.4 Å². The number of esters is 1. The summed E-state index contributed by atoms with van der Waals surface area (Å²) in [7, 11) is 0. The summed E-state index contributed by atoms with van der Waals surface area (Å²) in [6, 6.07) is 5.53. The normalized spacial score (nSPS) is 11.8. The summed E-state index contributed by atoms with van der Waals surface area (Å²) in [6.07, 6.45) is 0. The van der Waals surface area contributed by atoms with Gasteiger partial charge in [-0.3, -0.25) is 0 Å². The average molecular weight is 275 g/mol. The van der Waals surface area contributed by atoms with Gasteiger partial charge >= 0.3 is 11.9 Å². The van der Waals surface area contributed by atoms with Gasteiger partial charge < -0.3 is 9.15 Å². The molecule has 6 heteroatoms. The molecule has 0 atom stereocenters. The molecule has 2 aromatic rings. The van der Waals surface area contributed by atoms with E-state index >= 15 is 0 Å². The number of furan rings is 1. The zero-order valence-electron chi connectivity index (χ0n) is 9.38. The van der Waals surface area contributed by atoms with Crippen molar-refractivity contribution in [3.63, 3.8) is 0 Å². The monoisotopic (exact) mass is 274 g/mol. The van der Waals surface area contributed by atoms with Crippen LogP contribution in [0.5, 0.6) is 0 Å². The molecule has 0 aliphatic carbocycles. The van der Waals surface area contributed by atoms with Gasteiger partial charge in [-0.1, -0.05) is 11.6 Å². The Hall–Kier alpha value is -1.62. The average Bonchev–Trinajstić information content (AvgIpc) is 2.72. The van der Waals surface area contributed by atoms with Crippen molar-refractivity contribution in [1.29, 1.82) is 0 Å². The lowest BCUT2D eigenvalue weighted by Crippen LogP contribution is -2.27. The van der Waals surface area contributed by atoms with Crippen molar-refractivity contribution in [2.75, 3.05) is 6.61 Å². The molecule has 3 nitrogen and oxygen atoms in total. The summed E-state index contributed by atoms with van der Waals surface area (Å²) in [5, 5.41) is 0.802. The van der Waals surface area contributed by atoms with E-state index in [2.05, 4.69) is 4.74 Å². The van der Waals surface area contributed by atoms with E-state index in [0.29, 0.717) is 10.4 Å². The van der Waals surface area contributed by atoms with E-state index in [9.17, 15) is 13.6 Å². The fourth-order valence-electron chi connectivity index (χ4n) is 1.49. The highest BCUT2D eigenvalue weighted by atomic mass is 35.5. The van der Waals surface area contributed by atoms with E-state index in [1.54, 1.807) is 0 Å². The van der Waals surface area contributed by atoms with Crippen molar-refractivity contribution >= 4 is 28.5 Å². The molecule has 1 heterocycles. The van der Waals surface area contributed by atoms with Crippen LogP contribution in [0.1, 0.15) is 12.7 Å². The highest BCUT2D eigenvalue weighted by Gasteiger charge is 2.46. The number of hydrogen-bond donors (Lipinski definition) is 0. The molecule has 2 rings (SSSR count). The number of rotatable bonds is 3. The van der Waals surface area contributed by atoms with Crippen LogP contribution in [0.2, 0.25) is 5.02 Å². The van der Waals surface area contributed by atoms with Gasteiger partial charge in [0.25, 0.3) is 0 Å². The first-order valence-corrected chi connectivity index (χ1v) is 5.57. The molecule has 1 aromatic carbocycles. The Morgan fingerprint density at radius 1 is 1.44 bits per heavy atom. The number of hydrogen-bond acceptors (Lipinski definition) is 3. The first-order chi connectivity index (χ1) is 8.45. The lowest BCUT2D eigenvalue weighted by molar-refractivity contribution is -0.175. The maximum absolute atomic E-state index is 13.7. The van der Waals surface area contributed by atoms with Gasteiger partial charge in [0.05, 0.1) is 6.61 Å². The van der Waals surface area contributed by atoms with Gasteiger partial charge in [-0.05, 0) is 31.2 Å². The lowest BCUT2D eigenvalue weighted by Gasteiger charge is -2.11. The van der Waals surface area contributed by atoms with E-state index in [4.69, 9.17) is 16.0 Å². The molecule has 0 bridgehead atoms. The highest BCUT2D eigenvalue weighted by Crippen LogP contribution is 2.34. The van der Waals surface area contributed by atoms with Crippen LogP contribution in [0.15, 0.2) is 28.7 Å². The van der Waals surface area contributed by atoms with E-state index in [1.165, 1.54) is 25.1 Å². The van der Waals surface area contributed by atoms with Crippen molar-refractivity contribution in [2.45, 2.75) is 12.8 Å². The zero-order chi connectivity index (χ0) is 13.3. The Labute approximate surface area is 106 Å². The predicted octanol–water partition coefficient (Wildman–Crippen LogP) is 3.74. The number of fused-ring (bicyclic) bond motifs is 1. The van der Waals surface area contributed by atoms with Crippen LogP contribution in [0, 0.1) is 0 Å². The third-order valence-corrected chi connectivity index (χ3v) is 2.55. The highest BCUT2D eigenvalue weighted by molar-refractivity contribution is 6.31. The Morgan fingerprint density at radius 3 is 2.83 bits per heavy atom. The largest absolute Gasteiger partial charge is 0.461 e. The fraction of sp³-hybridized carbons (Fsp3) is 0.250. The molecule has 0 amide bonds. The molecule has 0 saturated heterocycles. The molecule has 0 fully saturated rings. The minimum Gasteiger partial charge on any atom is -0.461 e. The number of halogens is 3. The minimum atomic E-state index is -3.80. The Bertz CT molecular complexity index is 592. The van der Waals surface area contributed by atoms with Crippen molar-refractivity contribution in [1.82, 2.24) is 0 Å². The van der Waals surface area contributed by atoms with E-state index in [1.807, 2.05) is 0 Å². The van der Waals surface area contributed by atoms with Gasteiger partial charge in [0.15, 0.2) is 5.76 Å². The van der Waals surface area contributed by atoms with Gasteiger partial charge in [-0.25, -0.2) is 4.79 Å². The van der Waals surface area contributed by atoms with Gasteiger partial charge in [-0.2, -0.15) is 8.78 Å². The number of carbonyl (C=O) groups excluding carboxylic acids is 1. The Balaban J connectivity index is 2.44. The van der Waals surface area contributed by atoms with Crippen LogP contribution < -0.4 is 0 Å². The van der Waals surface area contributed by atoms with E-state index in [0.717, 1.165) is 6.07 Å². The summed E-state index contributed by atoms with van der Waals surface area (Å²) in [5.74, 6) is -6.19. The predicted molar refractivity (Wildman–Crippen MR) is 61.8 cm³/mol. The van der Waals surface area contributed by atoms with E-state index < -0.39 is 17.7 Å². The van der Waals surface area contributed by atoms with Crippen molar-refractivity contribution in [3.05, 3.63) is 35.0 Å². The summed E-state index contributed by atoms with van der Waals surface area (Å²) < 4.78 is 36.6. The van der Waals surface area contributed by atoms with Gasteiger partial charge in [-0.15, -0.1) is 0 Å². The second-order valence-electron chi connectivity index (χ2n) is 3.59. The zero-order valence-corrected chi connectivity index (χ0v) is 10.1. The molecular formula is C12H9ClF2O3. The second kappa shape index (κ2) is 4.57. The van der Waals surface area contributed by atoms with Crippen LogP contribution in [-0.2, 0) is 15.5 Å². The van der Waals surface area contributed by atoms with E-state index in [-0.39, 0.29) is 12.2 Å². The van der Waals surface area contributed by atoms with Crippen molar-refractivity contribution < 1.29 is 22.7 Å². The minimum absolute atomic E-state index is 0.125. The molecule has 0 saturated carbocycles. The topological polar surface area (TPSA) is 39.4 Å².